The highest BCUT2D eigenvalue weighted by atomic mass is 32.2. The van der Waals surface area contributed by atoms with Crippen molar-refractivity contribution in [3.63, 3.8) is 0 Å². The molecule has 0 aliphatic carbocycles. The van der Waals surface area contributed by atoms with Crippen LogP contribution in [-0.4, -0.2) is 49.1 Å². The van der Waals surface area contributed by atoms with Gasteiger partial charge in [0, 0.05) is 18.3 Å². The largest absolute Gasteiger partial charge is 0.462 e. The van der Waals surface area contributed by atoms with Gasteiger partial charge in [-0.3, -0.25) is 4.79 Å². The van der Waals surface area contributed by atoms with Crippen molar-refractivity contribution in [2.45, 2.75) is 19.0 Å². The summed E-state index contributed by atoms with van der Waals surface area (Å²) < 4.78 is 12.0. The number of carbonyl (C=O) groups excluding carboxylic acids is 2. The molecule has 0 aliphatic heterocycles. The summed E-state index contributed by atoms with van der Waals surface area (Å²) in [4.78, 5) is 28.5. The predicted molar refractivity (Wildman–Crippen MR) is 126 cm³/mol. The molecule has 0 bridgehead atoms. The van der Waals surface area contributed by atoms with Gasteiger partial charge >= 0.3 is 5.97 Å². The van der Waals surface area contributed by atoms with E-state index in [2.05, 4.69) is 25.7 Å². The average molecular weight is 479 g/mol. The second kappa shape index (κ2) is 10.3. The Labute approximate surface area is 199 Å². The molecule has 2 aromatic carbocycles. The van der Waals surface area contributed by atoms with Gasteiger partial charge in [-0.05, 0) is 38.1 Å². The number of amides is 1. The molecule has 0 saturated heterocycles. The van der Waals surface area contributed by atoms with Crippen molar-refractivity contribution in [3.05, 3.63) is 59.7 Å². The number of esters is 1. The van der Waals surface area contributed by atoms with Crippen LogP contribution in [0.5, 0.6) is 0 Å². The number of hydrogen-bond donors (Lipinski definition) is 1. The molecular formula is C23H22N6O4S. The van der Waals surface area contributed by atoms with Gasteiger partial charge in [0.2, 0.25) is 17.6 Å². The standard InChI is InChI=1S/C23H22N6O4S/c1-4-32-22(31)16-9-11-17(12-10-16)24-18(30)13-34-23-27-26-20(29(23)3)21-25-19(28-33-21)15-7-5-14(2)6-8-15/h5-12H,4,13H2,1-3H3,(H,24,30). The van der Waals surface area contributed by atoms with Gasteiger partial charge in [0.1, 0.15) is 0 Å². The van der Waals surface area contributed by atoms with E-state index in [1.165, 1.54) is 11.8 Å². The first-order valence-corrected chi connectivity index (χ1v) is 11.4. The molecule has 34 heavy (non-hydrogen) atoms. The summed E-state index contributed by atoms with van der Waals surface area (Å²) >= 11 is 1.22. The van der Waals surface area contributed by atoms with E-state index in [4.69, 9.17) is 9.26 Å². The van der Waals surface area contributed by atoms with Crippen LogP contribution in [0.1, 0.15) is 22.8 Å². The van der Waals surface area contributed by atoms with Crippen LogP contribution in [0.2, 0.25) is 0 Å². The minimum absolute atomic E-state index is 0.115. The molecule has 10 nitrogen and oxygen atoms in total. The average Bonchev–Trinajstić information content (AvgIpc) is 3.45. The fraction of sp³-hybridized carbons (Fsp3) is 0.217. The summed E-state index contributed by atoms with van der Waals surface area (Å²) in [7, 11) is 1.76. The third-order valence-electron chi connectivity index (χ3n) is 4.77. The Kier molecular flexibility index (Phi) is 7.02. The quantitative estimate of drug-likeness (QED) is 0.298. The molecule has 0 unspecified atom stereocenters. The summed E-state index contributed by atoms with van der Waals surface area (Å²) in [6.07, 6.45) is 0. The van der Waals surface area contributed by atoms with Crippen molar-refractivity contribution in [2.75, 3.05) is 17.7 Å². The molecular weight excluding hydrogens is 456 g/mol. The van der Waals surface area contributed by atoms with Crippen molar-refractivity contribution >= 4 is 29.3 Å². The van der Waals surface area contributed by atoms with Crippen LogP contribution in [0.25, 0.3) is 23.1 Å². The van der Waals surface area contributed by atoms with Crippen LogP contribution in [0, 0.1) is 6.92 Å². The SMILES string of the molecule is CCOC(=O)c1ccc(NC(=O)CSc2nnc(-c3nc(-c4ccc(C)cc4)no3)n2C)cc1. The third kappa shape index (κ3) is 5.31. The van der Waals surface area contributed by atoms with Crippen molar-refractivity contribution in [1.82, 2.24) is 24.9 Å². The lowest BCUT2D eigenvalue weighted by atomic mass is 10.1. The zero-order valence-corrected chi connectivity index (χ0v) is 19.6. The number of nitrogens with one attached hydrogen (secondary N) is 1. The highest BCUT2D eigenvalue weighted by molar-refractivity contribution is 7.99. The predicted octanol–water partition coefficient (Wildman–Crippen LogP) is 3.75. The Bertz CT molecular complexity index is 1300. The Balaban J connectivity index is 1.36. The molecule has 0 spiro atoms. The maximum absolute atomic E-state index is 12.4. The number of aryl methyl sites for hydroxylation is 1. The van der Waals surface area contributed by atoms with Crippen molar-refractivity contribution in [1.29, 1.82) is 0 Å². The number of hydrogen-bond acceptors (Lipinski definition) is 9. The van der Waals surface area contributed by atoms with E-state index in [0.717, 1.165) is 11.1 Å². The number of rotatable bonds is 8. The van der Waals surface area contributed by atoms with E-state index in [9.17, 15) is 9.59 Å². The molecule has 11 heteroatoms. The highest BCUT2D eigenvalue weighted by Gasteiger charge is 2.19. The van der Waals surface area contributed by atoms with Gasteiger partial charge < -0.3 is 19.1 Å². The number of anilines is 1. The van der Waals surface area contributed by atoms with Gasteiger partial charge in [0.25, 0.3) is 5.89 Å². The minimum Gasteiger partial charge on any atom is -0.462 e. The Morgan fingerprint density at radius 2 is 1.82 bits per heavy atom. The maximum Gasteiger partial charge on any atom is 0.338 e. The van der Waals surface area contributed by atoms with Crippen LogP contribution < -0.4 is 5.32 Å². The van der Waals surface area contributed by atoms with Crippen molar-refractivity contribution in [3.8, 4) is 23.1 Å². The molecule has 174 valence electrons. The monoisotopic (exact) mass is 478 g/mol. The number of thioether (sulfide) groups is 1. The van der Waals surface area contributed by atoms with Gasteiger partial charge in [0.15, 0.2) is 5.16 Å². The smallest absolute Gasteiger partial charge is 0.338 e. The van der Waals surface area contributed by atoms with Gasteiger partial charge in [-0.2, -0.15) is 4.98 Å². The van der Waals surface area contributed by atoms with Crippen LogP contribution >= 0.6 is 11.8 Å². The summed E-state index contributed by atoms with van der Waals surface area (Å²) in [6.45, 7) is 4.06. The summed E-state index contributed by atoms with van der Waals surface area (Å²) in [5.41, 5.74) is 2.98. The Morgan fingerprint density at radius 3 is 2.53 bits per heavy atom. The number of ether oxygens (including phenoxy) is 1. The molecule has 4 aromatic rings. The molecule has 2 heterocycles. The van der Waals surface area contributed by atoms with E-state index in [-0.39, 0.29) is 17.6 Å². The first kappa shape index (κ1) is 23.2. The Morgan fingerprint density at radius 1 is 1.09 bits per heavy atom. The fourth-order valence-corrected chi connectivity index (χ4v) is 3.70. The molecule has 0 radical (unpaired) electrons. The van der Waals surface area contributed by atoms with E-state index >= 15 is 0 Å². The highest BCUT2D eigenvalue weighted by Crippen LogP contribution is 2.24. The fourth-order valence-electron chi connectivity index (χ4n) is 2.99. The topological polar surface area (TPSA) is 125 Å². The zero-order chi connectivity index (χ0) is 24.1. The molecule has 0 atom stereocenters. The van der Waals surface area contributed by atoms with Gasteiger partial charge in [-0.15, -0.1) is 10.2 Å². The molecule has 2 aromatic heterocycles. The van der Waals surface area contributed by atoms with E-state index in [1.807, 2.05) is 31.2 Å². The minimum atomic E-state index is -0.402. The third-order valence-corrected chi connectivity index (χ3v) is 5.79. The number of aromatic nitrogens is 5. The Hall–Kier alpha value is -3.99. The van der Waals surface area contributed by atoms with Crippen molar-refractivity contribution in [2.24, 2.45) is 7.05 Å². The number of nitrogens with zero attached hydrogens (tertiary/aromatic N) is 5. The van der Waals surface area contributed by atoms with Gasteiger partial charge in [-0.25, -0.2) is 4.79 Å². The lowest BCUT2D eigenvalue weighted by Gasteiger charge is -2.06. The van der Waals surface area contributed by atoms with E-state index in [1.54, 1.807) is 42.8 Å². The number of benzene rings is 2. The lowest BCUT2D eigenvalue weighted by Crippen LogP contribution is -2.14. The number of carbonyl (C=O) groups is 2. The zero-order valence-electron chi connectivity index (χ0n) is 18.8. The first-order valence-electron chi connectivity index (χ1n) is 10.4. The molecule has 4 rings (SSSR count). The van der Waals surface area contributed by atoms with Gasteiger partial charge in [-0.1, -0.05) is 46.7 Å². The van der Waals surface area contributed by atoms with Crippen LogP contribution in [0.15, 0.2) is 58.2 Å². The maximum atomic E-state index is 12.4. The molecule has 1 amide bonds. The lowest BCUT2D eigenvalue weighted by molar-refractivity contribution is -0.113. The molecule has 0 fully saturated rings. The van der Waals surface area contributed by atoms with E-state index < -0.39 is 5.97 Å². The summed E-state index contributed by atoms with van der Waals surface area (Å²) in [6, 6.07) is 14.3. The molecule has 0 aliphatic rings. The van der Waals surface area contributed by atoms with Crippen molar-refractivity contribution < 1.29 is 18.8 Å². The van der Waals surface area contributed by atoms with Gasteiger partial charge in [0.05, 0.1) is 17.9 Å². The molecule has 1 N–H and O–H groups in total. The van der Waals surface area contributed by atoms with E-state index in [0.29, 0.717) is 34.7 Å². The first-order chi connectivity index (χ1) is 16.4. The van der Waals surface area contributed by atoms with Crippen LogP contribution in [-0.2, 0) is 16.6 Å². The summed E-state index contributed by atoms with van der Waals surface area (Å²) in [5, 5.41) is 15.6. The summed E-state index contributed by atoms with van der Waals surface area (Å²) in [5.74, 6) is 0.593. The second-order valence-corrected chi connectivity index (χ2v) is 8.23. The van der Waals surface area contributed by atoms with Crippen LogP contribution in [0.4, 0.5) is 5.69 Å². The second-order valence-electron chi connectivity index (χ2n) is 7.29. The normalized spacial score (nSPS) is 10.8. The molecule has 0 saturated carbocycles. The van der Waals surface area contributed by atoms with Crippen LogP contribution in [0.3, 0.4) is 0 Å².